The standard InChI is InChI=1S/C15H16N4O3S/c20-10(17-15-18-16-7-23-15)5-6-19-13(21)11-8-1-2-9(4-3-8)12(11)14(19)22/h1-2,7-9,11-12H,3-6H2,(H,17,18,20)/t8-,9-,11-,12-/m0/s1. The molecule has 3 aliphatic carbocycles. The number of hydrogen-bond acceptors (Lipinski definition) is 6. The quantitative estimate of drug-likeness (QED) is 0.657. The number of amides is 3. The molecule has 120 valence electrons. The van der Waals surface area contributed by atoms with E-state index in [-0.39, 0.29) is 54.4 Å². The molecule has 4 atom stereocenters. The van der Waals surface area contributed by atoms with Crippen molar-refractivity contribution in [3.8, 4) is 0 Å². The minimum atomic E-state index is -0.265. The Morgan fingerprint density at radius 3 is 2.39 bits per heavy atom. The van der Waals surface area contributed by atoms with Gasteiger partial charge in [0.15, 0.2) is 0 Å². The van der Waals surface area contributed by atoms with Gasteiger partial charge < -0.3 is 5.32 Å². The number of carbonyl (C=O) groups is 3. The van der Waals surface area contributed by atoms with Gasteiger partial charge in [0.05, 0.1) is 11.8 Å². The molecule has 4 aliphatic rings. The third-order valence-electron chi connectivity index (χ3n) is 5.02. The summed E-state index contributed by atoms with van der Waals surface area (Å²) in [6.07, 6.45) is 6.22. The van der Waals surface area contributed by atoms with E-state index in [0.29, 0.717) is 5.13 Å². The summed E-state index contributed by atoms with van der Waals surface area (Å²) in [6, 6.07) is 0. The van der Waals surface area contributed by atoms with Crippen molar-refractivity contribution in [3.05, 3.63) is 17.7 Å². The van der Waals surface area contributed by atoms with Crippen molar-refractivity contribution in [1.29, 1.82) is 0 Å². The van der Waals surface area contributed by atoms with E-state index >= 15 is 0 Å². The summed E-state index contributed by atoms with van der Waals surface area (Å²) in [5.74, 6) is -0.540. The summed E-state index contributed by atoms with van der Waals surface area (Å²) >= 11 is 1.23. The number of hydrogen-bond donors (Lipinski definition) is 1. The molecular formula is C15H16N4O3S. The van der Waals surface area contributed by atoms with E-state index in [2.05, 4.69) is 27.7 Å². The fourth-order valence-electron chi connectivity index (χ4n) is 3.98. The maximum Gasteiger partial charge on any atom is 0.233 e. The highest BCUT2D eigenvalue weighted by Gasteiger charge is 2.56. The summed E-state index contributed by atoms with van der Waals surface area (Å²) in [6.45, 7) is 0.134. The lowest BCUT2D eigenvalue weighted by Gasteiger charge is -2.38. The normalized spacial score (nSPS) is 31.6. The highest BCUT2D eigenvalue weighted by Crippen LogP contribution is 2.49. The van der Waals surface area contributed by atoms with Crippen molar-refractivity contribution in [1.82, 2.24) is 15.1 Å². The van der Waals surface area contributed by atoms with E-state index in [0.717, 1.165) is 12.8 Å². The van der Waals surface area contributed by atoms with E-state index in [9.17, 15) is 14.4 Å². The van der Waals surface area contributed by atoms with Crippen LogP contribution in [0, 0.1) is 23.7 Å². The second-order valence-corrected chi connectivity index (χ2v) is 7.04. The summed E-state index contributed by atoms with van der Waals surface area (Å²) < 4.78 is 0. The topological polar surface area (TPSA) is 92.3 Å². The number of imide groups is 1. The molecule has 7 nitrogen and oxygen atoms in total. The largest absolute Gasteiger partial charge is 0.300 e. The summed E-state index contributed by atoms with van der Waals surface area (Å²) in [4.78, 5) is 38.4. The van der Waals surface area contributed by atoms with E-state index in [1.807, 2.05) is 0 Å². The molecule has 1 aliphatic heterocycles. The van der Waals surface area contributed by atoms with Crippen LogP contribution in [0.25, 0.3) is 0 Å². The number of nitrogens with one attached hydrogen (secondary N) is 1. The first-order chi connectivity index (χ1) is 11.1. The van der Waals surface area contributed by atoms with Crippen molar-refractivity contribution >= 4 is 34.2 Å². The van der Waals surface area contributed by atoms with Gasteiger partial charge in [-0.15, -0.1) is 10.2 Å². The minimum absolute atomic E-state index is 0.0826. The second kappa shape index (κ2) is 5.52. The molecule has 2 bridgehead atoms. The zero-order chi connectivity index (χ0) is 16.0. The van der Waals surface area contributed by atoms with Crippen molar-refractivity contribution in [2.24, 2.45) is 23.7 Å². The van der Waals surface area contributed by atoms with Gasteiger partial charge in [-0.05, 0) is 24.7 Å². The van der Waals surface area contributed by atoms with Gasteiger partial charge in [0.25, 0.3) is 0 Å². The molecule has 8 heteroatoms. The number of anilines is 1. The molecule has 5 rings (SSSR count). The van der Waals surface area contributed by atoms with Crippen LogP contribution in [-0.4, -0.2) is 39.4 Å². The third-order valence-corrected chi connectivity index (χ3v) is 5.63. The Morgan fingerprint density at radius 2 is 1.87 bits per heavy atom. The van der Waals surface area contributed by atoms with Crippen molar-refractivity contribution < 1.29 is 14.4 Å². The lowest BCUT2D eigenvalue weighted by Crippen LogP contribution is -2.38. The number of nitrogens with zero attached hydrogens (tertiary/aromatic N) is 3. The fraction of sp³-hybridized carbons (Fsp3) is 0.533. The molecule has 0 spiro atoms. The van der Waals surface area contributed by atoms with E-state index in [4.69, 9.17) is 0 Å². The Labute approximate surface area is 136 Å². The molecule has 2 fully saturated rings. The molecule has 1 aromatic heterocycles. The summed E-state index contributed by atoms with van der Waals surface area (Å²) in [5.41, 5.74) is 1.52. The lowest BCUT2D eigenvalue weighted by molar-refractivity contribution is -0.140. The molecule has 0 unspecified atom stereocenters. The van der Waals surface area contributed by atoms with Gasteiger partial charge in [-0.1, -0.05) is 23.5 Å². The molecule has 0 aromatic carbocycles. The zero-order valence-corrected chi connectivity index (χ0v) is 13.2. The maximum atomic E-state index is 12.6. The Balaban J connectivity index is 1.41. The van der Waals surface area contributed by atoms with E-state index in [1.54, 1.807) is 0 Å². The van der Waals surface area contributed by atoms with Crippen LogP contribution in [0.3, 0.4) is 0 Å². The predicted octanol–water partition coefficient (Wildman–Crippen LogP) is 1.06. The van der Waals surface area contributed by atoms with Gasteiger partial charge in [-0.2, -0.15) is 0 Å². The van der Waals surface area contributed by atoms with Gasteiger partial charge >= 0.3 is 0 Å². The zero-order valence-electron chi connectivity index (χ0n) is 12.3. The third kappa shape index (κ3) is 2.37. The number of likely N-dealkylation sites (tertiary alicyclic amines) is 1. The Hall–Kier alpha value is -2.09. The summed E-state index contributed by atoms with van der Waals surface area (Å²) in [7, 11) is 0. The molecule has 2 heterocycles. The van der Waals surface area contributed by atoms with Crippen LogP contribution in [0.1, 0.15) is 19.3 Å². The second-order valence-electron chi connectivity index (χ2n) is 6.21. The molecule has 0 radical (unpaired) electrons. The van der Waals surface area contributed by atoms with Gasteiger partial charge in [-0.3, -0.25) is 19.3 Å². The van der Waals surface area contributed by atoms with Gasteiger partial charge in [0.1, 0.15) is 5.51 Å². The van der Waals surface area contributed by atoms with Crippen LogP contribution >= 0.6 is 11.3 Å². The van der Waals surface area contributed by atoms with Gasteiger partial charge in [-0.25, -0.2) is 0 Å². The number of aromatic nitrogens is 2. The Morgan fingerprint density at radius 1 is 1.22 bits per heavy atom. The van der Waals surface area contributed by atoms with Crippen LogP contribution in [0.2, 0.25) is 0 Å². The van der Waals surface area contributed by atoms with Crippen LogP contribution in [-0.2, 0) is 14.4 Å². The molecule has 23 heavy (non-hydrogen) atoms. The molecule has 3 amide bonds. The van der Waals surface area contributed by atoms with Crippen molar-refractivity contribution in [2.75, 3.05) is 11.9 Å². The molecule has 1 N–H and O–H groups in total. The van der Waals surface area contributed by atoms with Crippen LogP contribution in [0.15, 0.2) is 17.7 Å². The monoisotopic (exact) mass is 332 g/mol. The van der Waals surface area contributed by atoms with Crippen molar-refractivity contribution in [2.45, 2.75) is 19.3 Å². The number of allylic oxidation sites excluding steroid dienone is 2. The van der Waals surface area contributed by atoms with E-state index < -0.39 is 0 Å². The van der Waals surface area contributed by atoms with E-state index in [1.165, 1.54) is 21.7 Å². The number of fused-ring (bicyclic) bond motifs is 1. The molecule has 1 saturated heterocycles. The SMILES string of the molecule is O=C(CCN1C(=O)[C@@H]2[C@@H](C1=O)[C@H]1C=C[C@H]2CC1)Nc1nncs1. The van der Waals surface area contributed by atoms with Crippen LogP contribution in [0.5, 0.6) is 0 Å². The van der Waals surface area contributed by atoms with Gasteiger partial charge in [0, 0.05) is 13.0 Å². The van der Waals surface area contributed by atoms with Crippen LogP contribution < -0.4 is 5.32 Å². The lowest BCUT2D eigenvalue weighted by atomic mass is 9.63. The minimum Gasteiger partial charge on any atom is -0.300 e. The average molecular weight is 332 g/mol. The number of rotatable bonds is 4. The molecule has 1 saturated carbocycles. The summed E-state index contributed by atoms with van der Waals surface area (Å²) in [5, 5.41) is 10.4. The first kappa shape index (κ1) is 14.5. The predicted molar refractivity (Wildman–Crippen MR) is 82.2 cm³/mol. The fourth-order valence-corrected chi connectivity index (χ4v) is 4.44. The van der Waals surface area contributed by atoms with Gasteiger partial charge in [0.2, 0.25) is 22.9 Å². The van der Waals surface area contributed by atoms with Crippen LogP contribution in [0.4, 0.5) is 5.13 Å². The first-order valence-corrected chi connectivity index (χ1v) is 8.62. The van der Waals surface area contributed by atoms with Crippen molar-refractivity contribution in [3.63, 3.8) is 0 Å². The number of carbonyl (C=O) groups excluding carboxylic acids is 3. The highest BCUT2D eigenvalue weighted by molar-refractivity contribution is 7.13. The smallest absolute Gasteiger partial charge is 0.233 e. The Bertz CT molecular complexity index is 655. The average Bonchev–Trinajstić information content (AvgIpc) is 3.16. The molecular weight excluding hydrogens is 316 g/mol. The molecule has 1 aromatic rings. The first-order valence-electron chi connectivity index (χ1n) is 7.74. The highest BCUT2D eigenvalue weighted by atomic mass is 32.1. The maximum absolute atomic E-state index is 12.6. The Kier molecular flexibility index (Phi) is 3.48.